The molecule has 2 aliphatic rings. The summed E-state index contributed by atoms with van der Waals surface area (Å²) in [6.45, 7) is 2.38. The second kappa shape index (κ2) is 6.20. The number of hydrogen-bond acceptors (Lipinski definition) is 3. The number of halogens is 1. The predicted octanol–water partition coefficient (Wildman–Crippen LogP) is 1.47. The molecule has 20 heavy (non-hydrogen) atoms. The lowest BCUT2D eigenvalue weighted by Gasteiger charge is -2.18. The second-order valence-electron chi connectivity index (χ2n) is 5.04. The van der Waals surface area contributed by atoms with Gasteiger partial charge < -0.3 is 5.32 Å². The van der Waals surface area contributed by atoms with Crippen molar-refractivity contribution < 1.29 is 9.59 Å². The lowest BCUT2D eigenvalue weighted by atomic mass is 10.1. The Morgan fingerprint density at radius 2 is 1.95 bits per heavy atom. The fourth-order valence-electron chi connectivity index (χ4n) is 2.63. The molecular weight excluding hydrogens is 276 g/mol. The number of rotatable bonds is 3. The molecule has 1 saturated heterocycles. The van der Waals surface area contributed by atoms with E-state index in [1.807, 2.05) is 30.3 Å². The fourth-order valence-corrected chi connectivity index (χ4v) is 2.63. The molecule has 0 spiro atoms. The van der Waals surface area contributed by atoms with Crippen molar-refractivity contribution in [3.63, 3.8) is 0 Å². The molecule has 1 aromatic carbocycles. The third-order valence-corrected chi connectivity index (χ3v) is 3.70. The van der Waals surface area contributed by atoms with Crippen molar-refractivity contribution in [2.75, 3.05) is 19.6 Å². The average Bonchev–Trinajstić information content (AvgIpc) is 3.03. The van der Waals surface area contributed by atoms with Crippen molar-refractivity contribution in [1.29, 1.82) is 0 Å². The van der Waals surface area contributed by atoms with Gasteiger partial charge in [0.25, 0.3) is 11.8 Å². The first-order valence-electron chi connectivity index (χ1n) is 6.59. The van der Waals surface area contributed by atoms with Gasteiger partial charge in [0.1, 0.15) is 0 Å². The van der Waals surface area contributed by atoms with Gasteiger partial charge in [-0.25, -0.2) is 0 Å². The minimum Gasteiger partial charge on any atom is -0.316 e. The Kier molecular flexibility index (Phi) is 4.57. The highest BCUT2D eigenvalue weighted by atomic mass is 35.5. The summed E-state index contributed by atoms with van der Waals surface area (Å²) in [7, 11) is 0. The Morgan fingerprint density at radius 3 is 2.60 bits per heavy atom. The summed E-state index contributed by atoms with van der Waals surface area (Å²) in [6.07, 6.45) is 2.48. The van der Waals surface area contributed by atoms with Gasteiger partial charge in [0.05, 0.1) is 5.57 Å². The third-order valence-electron chi connectivity index (χ3n) is 3.70. The zero-order valence-corrected chi connectivity index (χ0v) is 11.9. The van der Waals surface area contributed by atoms with Crippen LogP contribution in [0.5, 0.6) is 0 Å². The SMILES string of the molecule is Cl.O=C1C=C(c2ccccc2)C(=O)N1C[C@H]1CCNC1. The molecule has 1 N–H and O–H groups in total. The van der Waals surface area contributed by atoms with E-state index in [2.05, 4.69) is 5.32 Å². The van der Waals surface area contributed by atoms with Crippen LogP contribution in [0.1, 0.15) is 12.0 Å². The maximum Gasteiger partial charge on any atom is 0.261 e. The van der Waals surface area contributed by atoms with Crippen LogP contribution in [0.3, 0.4) is 0 Å². The maximum absolute atomic E-state index is 12.3. The largest absolute Gasteiger partial charge is 0.316 e. The van der Waals surface area contributed by atoms with Gasteiger partial charge in [-0.15, -0.1) is 12.4 Å². The van der Waals surface area contributed by atoms with Crippen LogP contribution in [0.15, 0.2) is 36.4 Å². The average molecular weight is 293 g/mol. The van der Waals surface area contributed by atoms with E-state index in [-0.39, 0.29) is 24.2 Å². The number of imide groups is 1. The number of hydrogen-bond donors (Lipinski definition) is 1. The number of nitrogens with zero attached hydrogens (tertiary/aromatic N) is 1. The van der Waals surface area contributed by atoms with Gasteiger partial charge >= 0.3 is 0 Å². The van der Waals surface area contributed by atoms with Crippen LogP contribution >= 0.6 is 12.4 Å². The highest BCUT2D eigenvalue weighted by Crippen LogP contribution is 2.24. The molecule has 4 nitrogen and oxygen atoms in total. The first kappa shape index (κ1) is 14.8. The number of nitrogens with one attached hydrogen (secondary N) is 1. The molecule has 3 rings (SSSR count). The Morgan fingerprint density at radius 1 is 1.20 bits per heavy atom. The molecule has 2 heterocycles. The van der Waals surface area contributed by atoms with Gasteiger partial charge in [0, 0.05) is 12.6 Å². The quantitative estimate of drug-likeness (QED) is 0.859. The van der Waals surface area contributed by atoms with E-state index in [1.54, 1.807) is 0 Å². The Balaban J connectivity index is 0.00000147. The van der Waals surface area contributed by atoms with E-state index < -0.39 is 0 Å². The van der Waals surface area contributed by atoms with E-state index in [9.17, 15) is 9.59 Å². The van der Waals surface area contributed by atoms with E-state index in [1.165, 1.54) is 11.0 Å². The molecule has 1 atom stereocenters. The molecule has 0 aromatic heterocycles. The van der Waals surface area contributed by atoms with Gasteiger partial charge in [0.15, 0.2) is 0 Å². The molecular formula is C15H17ClN2O2. The molecule has 1 fully saturated rings. The topological polar surface area (TPSA) is 49.4 Å². The summed E-state index contributed by atoms with van der Waals surface area (Å²) in [5.74, 6) is 0.0373. The minimum absolute atomic E-state index is 0. The van der Waals surface area contributed by atoms with Gasteiger partial charge in [-0.1, -0.05) is 30.3 Å². The van der Waals surface area contributed by atoms with E-state index in [0.717, 1.165) is 25.1 Å². The monoisotopic (exact) mass is 292 g/mol. The molecule has 0 saturated carbocycles. The van der Waals surface area contributed by atoms with Crippen molar-refractivity contribution in [3.05, 3.63) is 42.0 Å². The second-order valence-corrected chi connectivity index (χ2v) is 5.04. The summed E-state index contributed by atoms with van der Waals surface area (Å²) in [4.78, 5) is 25.7. The first-order valence-corrected chi connectivity index (χ1v) is 6.59. The molecule has 2 amide bonds. The maximum atomic E-state index is 12.3. The van der Waals surface area contributed by atoms with Crippen molar-refractivity contribution in [3.8, 4) is 0 Å². The number of amides is 2. The van der Waals surface area contributed by atoms with Gasteiger partial charge in [-0.3, -0.25) is 14.5 Å². The van der Waals surface area contributed by atoms with Crippen LogP contribution in [-0.4, -0.2) is 36.3 Å². The summed E-state index contributed by atoms with van der Waals surface area (Å²) >= 11 is 0. The normalized spacial score (nSPS) is 21.9. The summed E-state index contributed by atoms with van der Waals surface area (Å²) < 4.78 is 0. The summed E-state index contributed by atoms with van der Waals surface area (Å²) in [5.41, 5.74) is 1.32. The predicted molar refractivity (Wildman–Crippen MR) is 79.4 cm³/mol. The molecule has 5 heteroatoms. The molecule has 0 bridgehead atoms. The smallest absolute Gasteiger partial charge is 0.261 e. The van der Waals surface area contributed by atoms with Crippen molar-refractivity contribution in [2.45, 2.75) is 6.42 Å². The van der Waals surface area contributed by atoms with Crippen LogP contribution in [0.25, 0.3) is 5.57 Å². The first-order chi connectivity index (χ1) is 9.25. The molecule has 106 valence electrons. The summed E-state index contributed by atoms with van der Waals surface area (Å²) in [5, 5.41) is 3.25. The molecule has 0 radical (unpaired) electrons. The van der Waals surface area contributed by atoms with E-state index in [0.29, 0.717) is 18.0 Å². The minimum atomic E-state index is -0.184. The Bertz CT molecular complexity index is 536. The fraction of sp³-hybridized carbons (Fsp3) is 0.333. The van der Waals surface area contributed by atoms with E-state index in [4.69, 9.17) is 0 Å². The number of benzene rings is 1. The van der Waals surface area contributed by atoms with Crippen molar-refractivity contribution in [1.82, 2.24) is 10.2 Å². The molecule has 0 unspecified atom stereocenters. The standard InChI is InChI=1S/C15H16N2O2.ClH/c18-14-8-13(12-4-2-1-3-5-12)15(19)17(14)10-11-6-7-16-9-11;/h1-5,8,11,16H,6-7,9-10H2;1H/t11-;/m0./s1. The van der Waals surface area contributed by atoms with Crippen molar-refractivity contribution in [2.24, 2.45) is 5.92 Å². The Hall–Kier alpha value is -1.65. The van der Waals surface area contributed by atoms with Crippen LogP contribution in [0.2, 0.25) is 0 Å². The van der Waals surface area contributed by atoms with Gasteiger partial charge in [-0.05, 0) is 31.0 Å². The molecule has 2 aliphatic heterocycles. The van der Waals surface area contributed by atoms with Gasteiger partial charge in [0.2, 0.25) is 0 Å². The summed E-state index contributed by atoms with van der Waals surface area (Å²) in [6, 6.07) is 9.36. The van der Waals surface area contributed by atoms with Crippen LogP contribution in [0.4, 0.5) is 0 Å². The van der Waals surface area contributed by atoms with Crippen molar-refractivity contribution >= 4 is 29.8 Å². The zero-order chi connectivity index (χ0) is 13.2. The number of carbonyl (C=O) groups excluding carboxylic acids is 2. The van der Waals surface area contributed by atoms with E-state index >= 15 is 0 Å². The Labute approximate surface area is 124 Å². The van der Waals surface area contributed by atoms with Crippen LogP contribution in [0, 0.1) is 5.92 Å². The molecule has 1 aromatic rings. The van der Waals surface area contributed by atoms with Crippen LogP contribution < -0.4 is 5.32 Å². The van der Waals surface area contributed by atoms with Crippen LogP contribution in [-0.2, 0) is 9.59 Å². The zero-order valence-electron chi connectivity index (χ0n) is 11.0. The highest BCUT2D eigenvalue weighted by molar-refractivity contribution is 6.33. The highest BCUT2D eigenvalue weighted by Gasteiger charge is 2.33. The third kappa shape index (κ3) is 2.76. The number of carbonyl (C=O) groups is 2. The lowest BCUT2D eigenvalue weighted by molar-refractivity contribution is -0.137. The molecule has 0 aliphatic carbocycles. The lowest BCUT2D eigenvalue weighted by Crippen LogP contribution is -2.36. The van der Waals surface area contributed by atoms with Gasteiger partial charge in [-0.2, -0.15) is 0 Å².